The lowest BCUT2D eigenvalue weighted by Crippen LogP contribution is -2.08. The Kier molecular flexibility index (Phi) is 1.76. The van der Waals surface area contributed by atoms with Crippen LogP contribution in [0.4, 0.5) is 0 Å². The van der Waals surface area contributed by atoms with Crippen LogP contribution in [0.25, 0.3) is 5.65 Å². The zero-order valence-electron chi connectivity index (χ0n) is 7.01. The first-order chi connectivity index (χ1) is 6.35. The Labute approximate surface area is 75.0 Å². The summed E-state index contributed by atoms with van der Waals surface area (Å²) in [7, 11) is 0. The fraction of sp³-hybridized carbons (Fsp3) is 0.250. The van der Waals surface area contributed by atoms with Crippen molar-refractivity contribution in [3.05, 3.63) is 24.2 Å². The molecular formula is C8H9N5. The van der Waals surface area contributed by atoms with Crippen LogP contribution in [0, 0.1) is 11.3 Å². The van der Waals surface area contributed by atoms with Crippen LogP contribution < -0.4 is 5.73 Å². The standard InChI is InChI=1S/C8H9N5/c9-1-2-12-3-4-13-8(12)5-7(6-10)11-13/h3-5H,1-2,9H2. The maximum atomic E-state index is 8.62. The molecule has 0 aromatic carbocycles. The molecule has 5 heteroatoms. The van der Waals surface area contributed by atoms with Gasteiger partial charge in [-0.2, -0.15) is 10.4 Å². The van der Waals surface area contributed by atoms with Crippen molar-refractivity contribution in [1.29, 1.82) is 5.26 Å². The summed E-state index contributed by atoms with van der Waals surface area (Å²) in [6.45, 7) is 1.32. The summed E-state index contributed by atoms with van der Waals surface area (Å²) >= 11 is 0. The van der Waals surface area contributed by atoms with Crippen LogP contribution in [0.15, 0.2) is 18.5 Å². The van der Waals surface area contributed by atoms with E-state index in [2.05, 4.69) is 5.10 Å². The monoisotopic (exact) mass is 175 g/mol. The molecule has 0 aliphatic carbocycles. The number of fused-ring (bicyclic) bond motifs is 1. The van der Waals surface area contributed by atoms with Gasteiger partial charge >= 0.3 is 0 Å². The predicted molar refractivity (Wildman–Crippen MR) is 47.0 cm³/mol. The van der Waals surface area contributed by atoms with Crippen LogP contribution in [0.3, 0.4) is 0 Å². The van der Waals surface area contributed by atoms with Crippen molar-refractivity contribution < 1.29 is 0 Å². The Morgan fingerprint density at radius 3 is 3.08 bits per heavy atom. The number of rotatable bonds is 2. The highest BCUT2D eigenvalue weighted by Crippen LogP contribution is 2.06. The molecule has 2 rings (SSSR count). The van der Waals surface area contributed by atoms with E-state index in [-0.39, 0.29) is 0 Å². The molecule has 0 fully saturated rings. The maximum Gasteiger partial charge on any atom is 0.165 e. The zero-order chi connectivity index (χ0) is 9.26. The molecule has 0 radical (unpaired) electrons. The van der Waals surface area contributed by atoms with Gasteiger partial charge in [-0.3, -0.25) is 0 Å². The van der Waals surface area contributed by atoms with Gasteiger partial charge in [0.25, 0.3) is 0 Å². The minimum absolute atomic E-state index is 0.432. The van der Waals surface area contributed by atoms with Crippen LogP contribution >= 0.6 is 0 Å². The van der Waals surface area contributed by atoms with Crippen LogP contribution in [0.5, 0.6) is 0 Å². The van der Waals surface area contributed by atoms with Gasteiger partial charge in [-0.15, -0.1) is 0 Å². The van der Waals surface area contributed by atoms with E-state index >= 15 is 0 Å². The van der Waals surface area contributed by atoms with Gasteiger partial charge in [-0.25, -0.2) is 4.52 Å². The third kappa shape index (κ3) is 1.17. The van der Waals surface area contributed by atoms with Crippen LogP contribution in [-0.4, -0.2) is 20.7 Å². The number of nitrogens with two attached hydrogens (primary N) is 1. The van der Waals surface area contributed by atoms with Crippen molar-refractivity contribution in [2.24, 2.45) is 5.73 Å². The van der Waals surface area contributed by atoms with Crippen LogP contribution in [0.1, 0.15) is 5.69 Å². The molecule has 5 nitrogen and oxygen atoms in total. The maximum absolute atomic E-state index is 8.62. The summed E-state index contributed by atoms with van der Waals surface area (Å²) in [5, 5.41) is 12.6. The Hall–Kier alpha value is -1.80. The fourth-order valence-electron chi connectivity index (χ4n) is 1.31. The lowest BCUT2D eigenvalue weighted by atomic mass is 10.5. The summed E-state index contributed by atoms with van der Waals surface area (Å²) in [5.74, 6) is 0. The smallest absolute Gasteiger partial charge is 0.165 e. The Balaban J connectivity index is 2.53. The second-order valence-electron chi connectivity index (χ2n) is 2.72. The number of imidazole rings is 1. The fourth-order valence-corrected chi connectivity index (χ4v) is 1.31. The Morgan fingerprint density at radius 1 is 1.54 bits per heavy atom. The highest BCUT2D eigenvalue weighted by molar-refractivity contribution is 5.44. The molecule has 2 aromatic rings. The molecule has 0 spiro atoms. The van der Waals surface area contributed by atoms with Gasteiger partial charge < -0.3 is 10.3 Å². The van der Waals surface area contributed by atoms with Crippen LogP contribution in [0.2, 0.25) is 0 Å². The number of hydrogen-bond acceptors (Lipinski definition) is 3. The predicted octanol–water partition coefficient (Wildman–Crippen LogP) is -0.0338. The number of nitriles is 1. The van der Waals surface area contributed by atoms with Gasteiger partial charge in [0.2, 0.25) is 0 Å². The molecule has 0 aliphatic heterocycles. The molecule has 66 valence electrons. The SMILES string of the molecule is N#Cc1cc2n(CCN)ccn2n1. The van der Waals surface area contributed by atoms with E-state index in [0.29, 0.717) is 12.2 Å². The van der Waals surface area contributed by atoms with E-state index in [0.717, 1.165) is 12.2 Å². The third-order valence-corrected chi connectivity index (χ3v) is 1.88. The second-order valence-corrected chi connectivity index (χ2v) is 2.72. The third-order valence-electron chi connectivity index (χ3n) is 1.88. The molecule has 0 saturated heterocycles. The van der Waals surface area contributed by atoms with Gasteiger partial charge in [0.1, 0.15) is 11.7 Å². The Morgan fingerprint density at radius 2 is 2.38 bits per heavy atom. The van der Waals surface area contributed by atoms with Gasteiger partial charge in [-0.1, -0.05) is 0 Å². The zero-order valence-corrected chi connectivity index (χ0v) is 7.01. The molecule has 2 N–H and O–H groups in total. The molecular weight excluding hydrogens is 166 g/mol. The van der Waals surface area contributed by atoms with E-state index in [9.17, 15) is 0 Å². The van der Waals surface area contributed by atoms with E-state index in [1.54, 1.807) is 10.6 Å². The lowest BCUT2D eigenvalue weighted by molar-refractivity contribution is 0.730. The van der Waals surface area contributed by atoms with Gasteiger partial charge in [0.15, 0.2) is 5.69 Å². The lowest BCUT2D eigenvalue weighted by Gasteiger charge is -1.97. The van der Waals surface area contributed by atoms with Gasteiger partial charge in [0, 0.05) is 31.5 Å². The van der Waals surface area contributed by atoms with E-state index < -0.39 is 0 Å². The summed E-state index contributed by atoms with van der Waals surface area (Å²) in [5.41, 5.74) is 6.77. The summed E-state index contributed by atoms with van der Waals surface area (Å²) in [4.78, 5) is 0. The van der Waals surface area contributed by atoms with Crippen molar-refractivity contribution in [2.75, 3.05) is 6.54 Å². The van der Waals surface area contributed by atoms with Crippen molar-refractivity contribution in [3.63, 3.8) is 0 Å². The van der Waals surface area contributed by atoms with Crippen LogP contribution in [-0.2, 0) is 6.54 Å². The van der Waals surface area contributed by atoms with Crippen molar-refractivity contribution in [2.45, 2.75) is 6.54 Å². The van der Waals surface area contributed by atoms with Gasteiger partial charge in [-0.05, 0) is 0 Å². The van der Waals surface area contributed by atoms with Crippen molar-refractivity contribution in [3.8, 4) is 6.07 Å². The first kappa shape index (κ1) is 7.83. The normalized spacial score (nSPS) is 10.5. The Bertz CT molecular complexity index is 458. The first-order valence-corrected chi connectivity index (χ1v) is 4.00. The highest BCUT2D eigenvalue weighted by Gasteiger charge is 2.04. The second kappa shape index (κ2) is 2.92. The number of nitrogens with zero attached hydrogens (tertiary/aromatic N) is 4. The quantitative estimate of drug-likeness (QED) is 0.696. The minimum atomic E-state index is 0.432. The largest absolute Gasteiger partial charge is 0.330 e. The molecule has 0 aliphatic rings. The summed E-state index contributed by atoms with van der Waals surface area (Å²) in [6.07, 6.45) is 3.71. The van der Waals surface area contributed by atoms with E-state index in [4.69, 9.17) is 11.0 Å². The molecule has 13 heavy (non-hydrogen) atoms. The summed E-state index contributed by atoms with van der Waals surface area (Å²) in [6, 6.07) is 3.74. The molecule has 0 atom stereocenters. The van der Waals surface area contributed by atoms with Gasteiger partial charge in [0.05, 0.1) is 0 Å². The average Bonchev–Trinajstić information content (AvgIpc) is 2.67. The average molecular weight is 175 g/mol. The minimum Gasteiger partial charge on any atom is -0.330 e. The molecule has 0 bridgehead atoms. The molecule has 0 saturated carbocycles. The van der Waals surface area contributed by atoms with E-state index in [1.807, 2.05) is 23.0 Å². The number of aromatic nitrogens is 3. The van der Waals surface area contributed by atoms with Crippen molar-refractivity contribution in [1.82, 2.24) is 14.2 Å². The van der Waals surface area contributed by atoms with Crippen molar-refractivity contribution >= 4 is 5.65 Å². The first-order valence-electron chi connectivity index (χ1n) is 4.00. The van der Waals surface area contributed by atoms with E-state index in [1.165, 1.54) is 0 Å². The molecule has 0 unspecified atom stereocenters. The highest BCUT2D eigenvalue weighted by atomic mass is 15.3. The number of hydrogen-bond donors (Lipinski definition) is 1. The summed E-state index contributed by atoms with van der Waals surface area (Å²) < 4.78 is 3.64. The molecule has 2 heterocycles. The molecule has 2 aromatic heterocycles. The molecule has 0 amide bonds. The topological polar surface area (TPSA) is 72.0 Å².